The van der Waals surface area contributed by atoms with E-state index in [1.807, 2.05) is 25.1 Å². The number of hydrogen-bond donors (Lipinski definition) is 1. The van der Waals surface area contributed by atoms with E-state index in [0.717, 1.165) is 43.2 Å². The molecule has 2 bridgehead atoms. The molecule has 156 valence electrons. The summed E-state index contributed by atoms with van der Waals surface area (Å²) >= 11 is 12.1. The Hall–Kier alpha value is -2.04. The number of benzene rings is 1. The first kappa shape index (κ1) is 19.9. The molecule has 1 aromatic carbocycles. The maximum atomic E-state index is 13.5. The Bertz CT molecular complexity index is 1060. The van der Waals surface area contributed by atoms with Crippen LogP contribution in [0.2, 0.25) is 10.0 Å². The van der Waals surface area contributed by atoms with Crippen molar-refractivity contribution in [2.24, 2.45) is 23.7 Å². The van der Waals surface area contributed by atoms with Crippen molar-refractivity contribution in [3.8, 4) is 11.6 Å². The first-order valence-corrected chi connectivity index (χ1v) is 11.3. The number of fused-ring (bicyclic) bond motifs is 2. The number of aromatic nitrogens is 1. The molecule has 6 heteroatoms. The highest BCUT2D eigenvalue weighted by Crippen LogP contribution is 2.57. The second kappa shape index (κ2) is 7.58. The minimum absolute atomic E-state index is 0.0124. The number of pyridine rings is 1. The summed E-state index contributed by atoms with van der Waals surface area (Å²) in [5.74, 6) is 1.90. The average molecular weight is 444 g/mol. The van der Waals surface area contributed by atoms with Gasteiger partial charge in [-0.1, -0.05) is 36.2 Å². The van der Waals surface area contributed by atoms with Crippen LogP contribution in [0, 0.1) is 23.7 Å². The summed E-state index contributed by atoms with van der Waals surface area (Å²) in [4.78, 5) is 17.6. The van der Waals surface area contributed by atoms with Gasteiger partial charge in [0.2, 0.25) is 5.88 Å². The van der Waals surface area contributed by atoms with Gasteiger partial charge in [0.15, 0.2) is 5.78 Å². The monoisotopic (exact) mass is 443 g/mol. The number of aryl methyl sites for hydroxylation is 1. The molecular formula is C24H23Cl2NO3. The Labute approximate surface area is 185 Å². The van der Waals surface area contributed by atoms with Gasteiger partial charge in [0.1, 0.15) is 16.5 Å². The Kier molecular flexibility index (Phi) is 5.03. The zero-order valence-electron chi connectivity index (χ0n) is 16.7. The third-order valence-corrected chi connectivity index (χ3v) is 7.54. The van der Waals surface area contributed by atoms with Gasteiger partial charge in [0.05, 0.1) is 10.6 Å². The van der Waals surface area contributed by atoms with Gasteiger partial charge in [0, 0.05) is 18.0 Å². The number of rotatable bonds is 4. The molecule has 4 aliphatic rings. The molecule has 1 N–H and O–H groups in total. The zero-order valence-corrected chi connectivity index (χ0v) is 18.2. The van der Waals surface area contributed by atoms with E-state index in [9.17, 15) is 9.90 Å². The molecule has 2 unspecified atom stereocenters. The van der Waals surface area contributed by atoms with Gasteiger partial charge in [-0.3, -0.25) is 4.79 Å². The third kappa shape index (κ3) is 3.12. The molecule has 3 saturated carbocycles. The number of halogens is 2. The molecule has 0 spiro atoms. The molecule has 0 aliphatic heterocycles. The molecule has 0 amide bonds. The lowest BCUT2D eigenvalue weighted by Gasteiger charge is -2.44. The smallest absolute Gasteiger partial charge is 0.238 e. The maximum Gasteiger partial charge on any atom is 0.238 e. The number of carbonyl (C=O) groups excluding carboxylic acids is 1. The van der Waals surface area contributed by atoms with Crippen LogP contribution in [-0.2, 0) is 11.2 Å². The molecule has 0 radical (unpaired) electrons. The highest BCUT2D eigenvalue weighted by molar-refractivity contribution is 6.35. The van der Waals surface area contributed by atoms with Crippen molar-refractivity contribution in [3.63, 3.8) is 0 Å². The van der Waals surface area contributed by atoms with Crippen molar-refractivity contribution in [1.29, 1.82) is 0 Å². The minimum atomic E-state index is -0.0610. The lowest BCUT2D eigenvalue weighted by molar-refractivity contribution is -0.123. The van der Waals surface area contributed by atoms with Crippen LogP contribution < -0.4 is 4.74 Å². The normalized spacial score (nSPS) is 27.5. The predicted molar refractivity (Wildman–Crippen MR) is 117 cm³/mol. The first-order chi connectivity index (χ1) is 14.5. The van der Waals surface area contributed by atoms with Crippen LogP contribution in [0.25, 0.3) is 5.57 Å². The van der Waals surface area contributed by atoms with Crippen molar-refractivity contribution in [2.45, 2.75) is 39.0 Å². The van der Waals surface area contributed by atoms with Crippen LogP contribution in [-0.4, -0.2) is 15.9 Å². The molecule has 1 aromatic heterocycles. The van der Waals surface area contributed by atoms with Gasteiger partial charge in [-0.2, -0.15) is 0 Å². The van der Waals surface area contributed by atoms with E-state index in [2.05, 4.69) is 4.98 Å². The molecule has 6 rings (SSSR count). The van der Waals surface area contributed by atoms with E-state index in [4.69, 9.17) is 27.9 Å². The van der Waals surface area contributed by atoms with Gasteiger partial charge in [-0.15, -0.1) is 0 Å². The standard InChI is InChI=1S/C24H23Cl2NO3/c1-2-12-7-8-16(30-24-18(26)9-15(25)11-27-24)10-17(12)21-22(28)19-13-3-4-14(6-5-13)20(19)23(21)29/h7-11,13-14,19-20,28H,2-6H2,1H3/t13-,14+,19?,20?. The largest absolute Gasteiger partial charge is 0.511 e. The van der Waals surface area contributed by atoms with Crippen LogP contribution in [0.1, 0.15) is 43.7 Å². The number of carbonyl (C=O) groups is 1. The Balaban J connectivity index is 1.55. The van der Waals surface area contributed by atoms with Crippen molar-refractivity contribution < 1.29 is 14.6 Å². The third-order valence-electron chi connectivity index (χ3n) is 7.06. The molecule has 2 aromatic rings. The number of aliphatic hydroxyl groups is 1. The van der Waals surface area contributed by atoms with Crippen molar-refractivity contribution >= 4 is 34.6 Å². The molecule has 1 heterocycles. The highest BCUT2D eigenvalue weighted by atomic mass is 35.5. The number of Topliss-reactive ketones (excluding diaryl/α,β-unsaturated/α-hetero) is 1. The van der Waals surface area contributed by atoms with Crippen LogP contribution in [0.4, 0.5) is 0 Å². The highest BCUT2D eigenvalue weighted by Gasteiger charge is 2.54. The summed E-state index contributed by atoms with van der Waals surface area (Å²) in [7, 11) is 0. The number of aliphatic hydroxyl groups excluding tert-OH is 1. The molecule has 3 fully saturated rings. The fraction of sp³-hybridized carbons (Fsp3) is 0.417. The van der Waals surface area contributed by atoms with Crippen molar-refractivity contribution in [1.82, 2.24) is 4.98 Å². The van der Waals surface area contributed by atoms with Gasteiger partial charge in [-0.05, 0) is 73.3 Å². The Morgan fingerprint density at radius 2 is 1.80 bits per heavy atom. The number of allylic oxidation sites excluding steroid dienone is 2. The van der Waals surface area contributed by atoms with Crippen LogP contribution in [0.3, 0.4) is 0 Å². The van der Waals surface area contributed by atoms with E-state index in [0.29, 0.717) is 33.2 Å². The molecule has 30 heavy (non-hydrogen) atoms. The molecule has 0 saturated heterocycles. The van der Waals surface area contributed by atoms with E-state index in [1.54, 1.807) is 6.07 Å². The lowest BCUT2D eigenvalue weighted by atomic mass is 9.59. The quantitative estimate of drug-likeness (QED) is 0.574. The van der Waals surface area contributed by atoms with Gasteiger partial charge < -0.3 is 9.84 Å². The number of hydrogen-bond acceptors (Lipinski definition) is 4. The summed E-state index contributed by atoms with van der Waals surface area (Å²) in [6.07, 6.45) is 6.65. The number of ketones is 1. The fourth-order valence-corrected chi connectivity index (χ4v) is 6.12. The Morgan fingerprint density at radius 3 is 2.43 bits per heavy atom. The summed E-state index contributed by atoms with van der Waals surface area (Å²) in [5, 5.41) is 11.9. The summed E-state index contributed by atoms with van der Waals surface area (Å²) in [6, 6.07) is 7.18. The van der Waals surface area contributed by atoms with Gasteiger partial charge >= 0.3 is 0 Å². The van der Waals surface area contributed by atoms with E-state index in [-0.39, 0.29) is 29.3 Å². The topological polar surface area (TPSA) is 59.4 Å². The molecule has 4 aliphatic carbocycles. The van der Waals surface area contributed by atoms with Crippen LogP contribution in [0.5, 0.6) is 11.6 Å². The lowest BCUT2D eigenvalue weighted by Crippen LogP contribution is -2.41. The maximum absolute atomic E-state index is 13.5. The number of nitrogens with zero attached hydrogens (tertiary/aromatic N) is 1. The van der Waals surface area contributed by atoms with Gasteiger partial charge in [0.25, 0.3) is 0 Å². The minimum Gasteiger partial charge on any atom is -0.511 e. The van der Waals surface area contributed by atoms with Gasteiger partial charge in [-0.25, -0.2) is 4.98 Å². The van der Waals surface area contributed by atoms with E-state index >= 15 is 0 Å². The fourth-order valence-electron chi connectivity index (χ4n) is 5.70. The molecular weight excluding hydrogens is 421 g/mol. The summed E-state index contributed by atoms with van der Waals surface area (Å²) < 4.78 is 5.89. The summed E-state index contributed by atoms with van der Waals surface area (Å²) in [5.41, 5.74) is 2.26. The van der Waals surface area contributed by atoms with Crippen molar-refractivity contribution in [2.75, 3.05) is 0 Å². The second-order valence-electron chi connectivity index (χ2n) is 8.57. The van der Waals surface area contributed by atoms with Crippen molar-refractivity contribution in [3.05, 3.63) is 57.4 Å². The van der Waals surface area contributed by atoms with E-state index in [1.165, 1.54) is 6.20 Å². The zero-order chi connectivity index (χ0) is 21.0. The average Bonchev–Trinajstić information content (AvgIpc) is 3.03. The van der Waals surface area contributed by atoms with Crippen LogP contribution in [0.15, 0.2) is 36.2 Å². The Morgan fingerprint density at radius 1 is 1.10 bits per heavy atom. The SMILES string of the molecule is CCc1ccc(Oc2ncc(Cl)cc2Cl)cc1C1=C(O)C2C(C1=O)[C@H]1CC[C@@H]2CC1. The second-order valence-corrected chi connectivity index (χ2v) is 9.41. The molecule has 4 nitrogen and oxygen atoms in total. The first-order valence-electron chi connectivity index (χ1n) is 10.6. The van der Waals surface area contributed by atoms with Crippen LogP contribution >= 0.6 is 23.2 Å². The predicted octanol–water partition coefficient (Wildman–Crippen LogP) is 6.65. The molecule has 2 atom stereocenters. The number of ether oxygens (including phenoxy) is 1. The summed E-state index contributed by atoms with van der Waals surface area (Å²) in [6.45, 7) is 2.05. The van der Waals surface area contributed by atoms with E-state index < -0.39 is 0 Å².